The number of rotatable bonds is 6. The second-order valence-electron chi connectivity index (χ2n) is 5.86. The highest BCUT2D eigenvalue weighted by Gasteiger charge is 2.20. The van der Waals surface area contributed by atoms with Gasteiger partial charge in [0.2, 0.25) is 0 Å². The first-order valence-electron chi connectivity index (χ1n) is 7.86. The molecule has 0 aliphatic rings. The molecule has 7 heteroatoms. The first kappa shape index (κ1) is 19.0. The number of benzene rings is 1. The second-order valence-corrected chi connectivity index (χ2v) is 6.84. The van der Waals surface area contributed by atoms with Crippen molar-refractivity contribution >= 4 is 28.8 Å². The van der Waals surface area contributed by atoms with Crippen molar-refractivity contribution < 1.29 is 14.3 Å². The van der Waals surface area contributed by atoms with Crippen LogP contribution < -0.4 is 15.4 Å². The Morgan fingerprint density at radius 2 is 2.00 bits per heavy atom. The van der Waals surface area contributed by atoms with Crippen molar-refractivity contribution in [3.63, 3.8) is 0 Å². The molecule has 0 fully saturated rings. The Bertz CT molecular complexity index is 729. The van der Waals surface area contributed by atoms with Crippen LogP contribution in [0.5, 0.6) is 5.75 Å². The number of methoxy groups -OCH3 is 1. The highest BCUT2D eigenvalue weighted by Crippen LogP contribution is 2.25. The Balaban J connectivity index is 1.98. The van der Waals surface area contributed by atoms with Gasteiger partial charge in [-0.3, -0.25) is 9.59 Å². The van der Waals surface area contributed by atoms with E-state index in [1.807, 2.05) is 49.5 Å². The number of thiophene rings is 1. The lowest BCUT2D eigenvalue weighted by atomic mass is 10.2. The maximum Gasteiger partial charge on any atom is 0.313 e. The average Bonchev–Trinajstić information content (AvgIpc) is 3.09. The Kier molecular flexibility index (Phi) is 6.55. The van der Waals surface area contributed by atoms with Gasteiger partial charge < -0.3 is 20.3 Å². The van der Waals surface area contributed by atoms with Crippen LogP contribution >= 0.6 is 11.3 Å². The van der Waals surface area contributed by atoms with Crippen LogP contribution in [0.2, 0.25) is 0 Å². The summed E-state index contributed by atoms with van der Waals surface area (Å²) in [6.07, 6.45) is 0. The third-order valence-corrected chi connectivity index (χ3v) is 4.73. The Morgan fingerprint density at radius 3 is 2.60 bits per heavy atom. The molecule has 2 amide bonds. The van der Waals surface area contributed by atoms with Crippen LogP contribution in [0.1, 0.15) is 16.5 Å². The zero-order valence-electron chi connectivity index (χ0n) is 14.8. The minimum Gasteiger partial charge on any atom is -0.495 e. The van der Waals surface area contributed by atoms with Crippen molar-refractivity contribution in [1.82, 2.24) is 10.2 Å². The predicted molar refractivity (Wildman–Crippen MR) is 100 cm³/mol. The van der Waals surface area contributed by atoms with Gasteiger partial charge in [0.1, 0.15) is 5.75 Å². The van der Waals surface area contributed by atoms with E-state index in [9.17, 15) is 9.59 Å². The lowest BCUT2D eigenvalue weighted by Crippen LogP contribution is -2.40. The molecule has 0 spiro atoms. The summed E-state index contributed by atoms with van der Waals surface area (Å²) in [6.45, 7) is 2.25. The number of hydrogen-bond donors (Lipinski definition) is 2. The summed E-state index contributed by atoms with van der Waals surface area (Å²) >= 11 is 1.62. The van der Waals surface area contributed by atoms with Gasteiger partial charge in [-0.05, 0) is 50.2 Å². The third-order valence-electron chi connectivity index (χ3n) is 3.76. The first-order valence-corrected chi connectivity index (χ1v) is 8.74. The fraction of sp³-hybridized carbons (Fsp3) is 0.333. The lowest BCUT2D eigenvalue weighted by Gasteiger charge is -2.23. The number of nitrogens with one attached hydrogen (secondary N) is 2. The van der Waals surface area contributed by atoms with Gasteiger partial charge in [-0.2, -0.15) is 0 Å². The van der Waals surface area contributed by atoms with Crippen molar-refractivity contribution in [2.45, 2.75) is 13.0 Å². The fourth-order valence-corrected chi connectivity index (χ4v) is 3.31. The van der Waals surface area contributed by atoms with Crippen LogP contribution in [0.15, 0.2) is 35.7 Å². The first-order chi connectivity index (χ1) is 11.9. The van der Waals surface area contributed by atoms with E-state index in [1.165, 1.54) is 7.11 Å². The van der Waals surface area contributed by atoms with E-state index in [0.717, 1.165) is 10.4 Å². The molecule has 6 nitrogen and oxygen atoms in total. The molecule has 0 aliphatic heterocycles. The summed E-state index contributed by atoms with van der Waals surface area (Å²) in [6, 6.07) is 9.39. The number of nitrogens with zero attached hydrogens (tertiary/aromatic N) is 1. The number of aryl methyl sites for hydroxylation is 1. The summed E-state index contributed by atoms with van der Waals surface area (Å²) in [4.78, 5) is 27.5. The molecular weight excluding hydrogens is 338 g/mol. The maximum atomic E-state index is 12.2. The highest BCUT2D eigenvalue weighted by molar-refractivity contribution is 7.10. The Morgan fingerprint density at radius 1 is 1.24 bits per heavy atom. The highest BCUT2D eigenvalue weighted by atomic mass is 32.1. The van der Waals surface area contributed by atoms with Crippen LogP contribution in [0.3, 0.4) is 0 Å². The summed E-state index contributed by atoms with van der Waals surface area (Å²) < 4.78 is 5.21. The molecule has 1 heterocycles. The molecule has 2 aromatic rings. The van der Waals surface area contributed by atoms with Gasteiger partial charge in [-0.1, -0.05) is 12.1 Å². The number of carbonyl (C=O) groups excluding carboxylic acids is 2. The standard InChI is InChI=1S/C18H23N3O3S/c1-12-7-8-15(24-4)13(10-12)20-18(23)17(22)19-11-14(21(2)3)16-6-5-9-25-16/h5-10,14H,11H2,1-4H3,(H,19,22)(H,20,23)/t14-/m1/s1. The van der Waals surface area contributed by atoms with Gasteiger partial charge in [-0.15, -0.1) is 11.3 Å². The Labute approximate surface area is 151 Å². The van der Waals surface area contributed by atoms with Gasteiger partial charge >= 0.3 is 11.8 Å². The summed E-state index contributed by atoms with van der Waals surface area (Å²) in [5.74, 6) is -0.879. The summed E-state index contributed by atoms with van der Waals surface area (Å²) in [5.41, 5.74) is 1.44. The number of ether oxygens (including phenoxy) is 1. The monoisotopic (exact) mass is 361 g/mol. The molecule has 1 aromatic carbocycles. The smallest absolute Gasteiger partial charge is 0.313 e. The molecule has 1 atom stereocenters. The van der Waals surface area contributed by atoms with Crippen molar-refractivity contribution in [2.75, 3.05) is 33.1 Å². The molecule has 134 valence electrons. The largest absolute Gasteiger partial charge is 0.495 e. The number of anilines is 1. The van der Waals surface area contributed by atoms with Gasteiger partial charge in [0.15, 0.2) is 0 Å². The number of amides is 2. The van der Waals surface area contributed by atoms with Crippen LogP contribution in [0, 0.1) is 6.92 Å². The SMILES string of the molecule is COc1ccc(C)cc1NC(=O)C(=O)NC[C@H](c1cccs1)N(C)C. The molecule has 0 aliphatic carbocycles. The second kappa shape index (κ2) is 8.64. The molecule has 0 saturated heterocycles. The van der Waals surface area contributed by atoms with Crippen LogP contribution in [-0.2, 0) is 9.59 Å². The molecule has 2 rings (SSSR count). The summed E-state index contributed by atoms with van der Waals surface area (Å²) in [7, 11) is 5.39. The van der Waals surface area contributed by atoms with Gasteiger partial charge in [0, 0.05) is 11.4 Å². The van der Waals surface area contributed by atoms with Crippen molar-refractivity contribution in [3.8, 4) is 5.75 Å². The van der Waals surface area contributed by atoms with Gasteiger partial charge in [0.05, 0.1) is 18.8 Å². The third kappa shape index (κ3) is 5.04. The number of carbonyl (C=O) groups is 2. The molecule has 0 saturated carbocycles. The quantitative estimate of drug-likeness (QED) is 0.775. The lowest BCUT2D eigenvalue weighted by molar-refractivity contribution is -0.136. The van der Waals surface area contributed by atoms with E-state index in [0.29, 0.717) is 18.0 Å². The van der Waals surface area contributed by atoms with E-state index in [1.54, 1.807) is 23.5 Å². The zero-order chi connectivity index (χ0) is 18.4. The van der Waals surface area contributed by atoms with Gasteiger partial charge in [0.25, 0.3) is 0 Å². The number of likely N-dealkylation sites (N-methyl/N-ethyl adjacent to an activating group) is 1. The Hall–Kier alpha value is -2.38. The predicted octanol–water partition coefficient (Wildman–Crippen LogP) is 2.42. The molecule has 2 N–H and O–H groups in total. The van der Waals surface area contributed by atoms with Crippen molar-refractivity contribution in [3.05, 3.63) is 46.2 Å². The maximum absolute atomic E-state index is 12.2. The fourth-order valence-electron chi connectivity index (χ4n) is 2.39. The summed E-state index contributed by atoms with van der Waals surface area (Å²) in [5, 5.41) is 7.29. The molecule has 0 radical (unpaired) electrons. The topological polar surface area (TPSA) is 70.7 Å². The normalized spacial score (nSPS) is 11.9. The van der Waals surface area contributed by atoms with E-state index in [4.69, 9.17) is 4.74 Å². The number of hydrogen-bond acceptors (Lipinski definition) is 5. The van der Waals surface area contributed by atoms with Gasteiger partial charge in [-0.25, -0.2) is 0 Å². The van der Waals surface area contributed by atoms with E-state index in [-0.39, 0.29) is 6.04 Å². The minimum absolute atomic E-state index is 0.0188. The zero-order valence-corrected chi connectivity index (χ0v) is 15.6. The van der Waals surface area contributed by atoms with Crippen LogP contribution in [-0.4, -0.2) is 44.5 Å². The van der Waals surface area contributed by atoms with Crippen LogP contribution in [0.4, 0.5) is 5.69 Å². The average molecular weight is 361 g/mol. The van der Waals surface area contributed by atoms with E-state index >= 15 is 0 Å². The van der Waals surface area contributed by atoms with E-state index in [2.05, 4.69) is 10.6 Å². The minimum atomic E-state index is -0.715. The molecule has 25 heavy (non-hydrogen) atoms. The van der Waals surface area contributed by atoms with Crippen molar-refractivity contribution in [1.29, 1.82) is 0 Å². The van der Waals surface area contributed by atoms with Crippen molar-refractivity contribution in [2.24, 2.45) is 0 Å². The van der Waals surface area contributed by atoms with Crippen LogP contribution in [0.25, 0.3) is 0 Å². The molecular formula is C18H23N3O3S. The molecule has 1 aromatic heterocycles. The van der Waals surface area contributed by atoms with E-state index < -0.39 is 11.8 Å². The molecule has 0 unspecified atom stereocenters. The molecule has 0 bridgehead atoms.